The highest BCUT2D eigenvalue weighted by Gasteiger charge is 2.50. The van der Waals surface area contributed by atoms with E-state index in [1.165, 1.54) is 17.0 Å². The van der Waals surface area contributed by atoms with Crippen molar-refractivity contribution in [2.75, 3.05) is 40.3 Å². The number of carbonyl (C=O) groups is 1. The Hall–Kier alpha value is -2.78. The Kier molecular flexibility index (Phi) is 6.05. The van der Waals surface area contributed by atoms with Crippen molar-refractivity contribution in [2.45, 2.75) is 13.0 Å². The number of rotatable bonds is 9. The molecule has 1 atom stereocenters. The molecule has 0 aromatic heterocycles. The van der Waals surface area contributed by atoms with Crippen molar-refractivity contribution < 1.29 is 23.5 Å². The molecule has 0 bridgehead atoms. The molecule has 1 unspecified atom stereocenters. The summed E-state index contributed by atoms with van der Waals surface area (Å²) in [5.41, 5.74) is 0.633. The minimum atomic E-state index is -3.07. The SMILES string of the molecule is CC(OP(=O)(N1CC1)N1CC1)c1ccc([N+](=O)[O-])c(Oc2ccccc2C(=O)N(C)C)c1. The van der Waals surface area contributed by atoms with Crippen LogP contribution < -0.4 is 4.74 Å². The second-order valence-electron chi connectivity index (χ2n) is 7.93. The van der Waals surface area contributed by atoms with Gasteiger partial charge in [-0.3, -0.25) is 24.0 Å². The van der Waals surface area contributed by atoms with Gasteiger partial charge in [0.25, 0.3) is 5.91 Å². The fourth-order valence-electron chi connectivity index (χ4n) is 3.28. The molecule has 0 N–H and O–H groups in total. The molecule has 1 amide bonds. The van der Waals surface area contributed by atoms with Crippen molar-refractivity contribution in [2.24, 2.45) is 0 Å². The predicted molar refractivity (Wildman–Crippen MR) is 118 cm³/mol. The number of amides is 1. The average molecular weight is 460 g/mol. The molecule has 2 saturated heterocycles. The van der Waals surface area contributed by atoms with Gasteiger partial charge >= 0.3 is 13.4 Å². The fraction of sp³-hybridized carbons (Fsp3) is 0.381. The van der Waals surface area contributed by atoms with E-state index in [1.807, 2.05) is 9.34 Å². The Balaban J connectivity index is 1.64. The van der Waals surface area contributed by atoms with Crippen LogP contribution in [-0.4, -0.2) is 65.3 Å². The van der Waals surface area contributed by atoms with Crippen LogP contribution >= 0.6 is 7.67 Å². The Morgan fingerprint density at radius 1 is 1.09 bits per heavy atom. The standard InChI is InChI=1S/C21H25N4O6P/c1-15(31-32(29,23-10-11-23)24-12-13-24)16-8-9-18(25(27)28)20(14-16)30-19-7-5-4-6-17(19)21(26)22(2)3/h4-9,14-15H,10-13H2,1-3H3. The summed E-state index contributed by atoms with van der Waals surface area (Å²) in [5.74, 6) is -0.0943. The second kappa shape index (κ2) is 8.63. The molecule has 11 heteroatoms. The minimum Gasteiger partial charge on any atom is -0.449 e. The van der Waals surface area contributed by atoms with Gasteiger partial charge in [0.1, 0.15) is 5.75 Å². The highest BCUT2D eigenvalue weighted by Crippen LogP contribution is 2.63. The number of ether oxygens (including phenoxy) is 1. The molecule has 4 rings (SSSR count). The number of carbonyl (C=O) groups excluding carboxylic acids is 1. The second-order valence-corrected chi connectivity index (χ2v) is 10.3. The molecule has 0 spiro atoms. The molecule has 2 heterocycles. The molecule has 170 valence electrons. The Morgan fingerprint density at radius 3 is 2.28 bits per heavy atom. The molecule has 2 aromatic carbocycles. The van der Waals surface area contributed by atoms with Crippen LogP contribution in [0.3, 0.4) is 0 Å². The zero-order valence-electron chi connectivity index (χ0n) is 18.1. The summed E-state index contributed by atoms with van der Waals surface area (Å²) in [4.78, 5) is 25.0. The predicted octanol–water partition coefficient (Wildman–Crippen LogP) is 3.91. The largest absolute Gasteiger partial charge is 0.449 e. The third-order valence-corrected chi connectivity index (χ3v) is 8.07. The number of nitro groups is 1. The Bertz CT molecular complexity index is 1080. The van der Waals surface area contributed by atoms with Gasteiger partial charge in [-0.15, -0.1) is 0 Å². The lowest BCUT2D eigenvalue weighted by Crippen LogP contribution is -2.22. The topological polar surface area (TPSA) is 105 Å². The van der Waals surface area contributed by atoms with Crippen molar-refractivity contribution in [3.05, 3.63) is 63.7 Å². The van der Waals surface area contributed by atoms with E-state index in [9.17, 15) is 19.5 Å². The molecule has 0 saturated carbocycles. The lowest BCUT2D eigenvalue weighted by Gasteiger charge is -2.24. The van der Waals surface area contributed by atoms with E-state index < -0.39 is 18.7 Å². The summed E-state index contributed by atoms with van der Waals surface area (Å²) >= 11 is 0. The third kappa shape index (κ3) is 4.54. The molecule has 0 radical (unpaired) electrons. The zero-order valence-corrected chi connectivity index (χ0v) is 19.0. The van der Waals surface area contributed by atoms with Crippen molar-refractivity contribution in [3.8, 4) is 11.5 Å². The Morgan fingerprint density at radius 2 is 1.72 bits per heavy atom. The third-order valence-electron chi connectivity index (χ3n) is 5.25. The van der Waals surface area contributed by atoms with E-state index in [-0.39, 0.29) is 28.7 Å². The first-order valence-corrected chi connectivity index (χ1v) is 11.8. The van der Waals surface area contributed by atoms with Crippen LogP contribution in [0.15, 0.2) is 42.5 Å². The van der Waals surface area contributed by atoms with E-state index in [0.29, 0.717) is 5.56 Å². The highest BCUT2D eigenvalue weighted by atomic mass is 31.2. The molecule has 32 heavy (non-hydrogen) atoms. The van der Waals surface area contributed by atoms with Gasteiger partial charge in [-0.2, -0.15) is 0 Å². The van der Waals surface area contributed by atoms with Crippen LogP contribution in [0.2, 0.25) is 0 Å². The maximum atomic E-state index is 13.3. The normalized spacial score (nSPS) is 17.0. The molecule has 2 aliphatic heterocycles. The number of hydrogen-bond acceptors (Lipinski definition) is 6. The van der Waals surface area contributed by atoms with Crippen LogP contribution in [0.25, 0.3) is 0 Å². The summed E-state index contributed by atoms with van der Waals surface area (Å²) in [6.07, 6.45) is -0.580. The number of para-hydroxylation sites is 1. The van der Waals surface area contributed by atoms with Crippen LogP contribution in [0.1, 0.15) is 28.9 Å². The quantitative estimate of drug-likeness (QED) is 0.240. The van der Waals surface area contributed by atoms with Gasteiger partial charge in [0, 0.05) is 46.3 Å². The smallest absolute Gasteiger partial charge is 0.346 e. The first-order valence-electron chi connectivity index (χ1n) is 10.3. The average Bonchev–Trinajstić information content (AvgIpc) is 3.65. The van der Waals surface area contributed by atoms with Crippen LogP contribution in [-0.2, 0) is 9.09 Å². The zero-order chi connectivity index (χ0) is 23.0. The van der Waals surface area contributed by atoms with E-state index in [4.69, 9.17) is 9.26 Å². The summed E-state index contributed by atoms with van der Waals surface area (Å²) in [6.45, 7) is 4.67. The monoisotopic (exact) mass is 460 g/mol. The number of nitro benzene ring substituents is 1. The lowest BCUT2D eigenvalue weighted by atomic mass is 10.1. The maximum Gasteiger partial charge on any atom is 0.346 e. The summed E-state index contributed by atoms with van der Waals surface area (Å²) in [7, 11) is 0.167. The van der Waals surface area contributed by atoms with Crippen molar-refractivity contribution >= 4 is 19.3 Å². The number of nitrogens with zero attached hydrogens (tertiary/aromatic N) is 4. The molecule has 0 aliphatic carbocycles. The summed E-state index contributed by atoms with van der Waals surface area (Å²) in [6, 6.07) is 11.0. The van der Waals surface area contributed by atoms with Gasteiger partial charge in [-0.25, -0.2) is 9.34 Å². The maximum absolute atomic E-state index is 13.3. The number of benzene rings is 2. The minimum absolute atomic E-state index is 0.0183. The van der Waals surface area contributed by atoms with Gasteiger partial charge in [0.05, 0.1) is 16.6 Å². The van der Waals surface area contributed by atoms with Crippen LogP contribution in [0.4, 0.5) is 5.69 Å². The van der Waals surface area contributed by atoms with E-state index in [0.717, 1.165) is 26.2 Å². The molecular formula is C21H25N4O6P. The first kappa shape index (κ1) is 22.4. The fourth-order valence-corrected chi connectivity index (χ4v) is 5.63. The molecule has 2 fully saturated rings. The van der Waals surface area contributed by atoms with Crippen molar-refractivity contribution in [3.63, 3.8) is 0 Å². The molecular weight excluding hydrogens is 435 g/mol. The lowest BCUT2D eigenvalue weighted by molar-refractivity contribution is -0.385. The van der Waals surface area contributed by atoms with Gasteiger partial charge in [0.2, 0.25) is 5.75 Å². The van der Waals surface area contributed by atoms with Crippen LogP contribution in [0, 0.1) is 10.1 Å². The summed E-state index contributed by atoms with van der Waals surface area (Å²) < 4.78 is 28.8. The molecule has 2 aliphatic rings. The van der Waals surface area contributed by atoms with Crippen LogP contribution in [0.5, 0.6) is 11.5 Å². The first-order chi connectivity index (χ1) is 15.2. The van der Waals surface area contributed by atoms with Gasteiger partial charge in [-0.1, -0.05) is 12.1 Å². The van der Waals surface area contributed by atoms with Crippen molar-refractivity contribution in [1.82, 2.24) is 14.2 Å². The van der Waals surface area contributed by atoms with Gasteiger partial charge < -0.3 is 9.64 Å². The van der Waals surface area contributed by atoms with Gasteiger partial charge in [0.15, 0.2) is 0 Å². The molecule has 2 aromatic rings. The molecule has 10 nitrogen and oxygen atoms in total. The van der Waals surface area contributed by atoms with E-state index in [1.54, 1.807) is 51.4 Å². The van der Waals surface area contributed by atoms with E-state index in [2.05, 4.69) is 0 Å². The van der Waals surface area contributed by atoms with E-state index >= 15 is 0 Å². The Labute approximate surface area is 186 Å². The summed E-state index contributed by atoms with van der Waals surface area (Å²) in [5, 5.41) is 11.6. The number of hydrogen-bond donors (Lipinski definition) is 0. The highest BCUT2D eigenvalue weighted by molar-refractivity contribution is 7.54. The van der Waals surface area contributed by atoms with Gasteiger partial charge in [-0.05, 0) is 36.8 Å². The van der Waals surface area contributed by atoms with Crippen molar-refractivity contribution in [1.29, 1.82) is 0 Å².